The van der Waals surface area contributed by atoms with E-state index in [4.69, 9.17) is 23.7 Å². The molecule has 2 aromatic rings. The average Bonchev–Trinajstić information content (AvgIpc) is 2.70. The summed E-state index contributed by atoms with van der Waals surface area (Å²) < 4.78 is 27.4. The van der Waals surface area contributed by atoms with Gasteiger partial charge in [0.25, 0.3) is 0 Å². The van der Waals surface area contributed by atoms with E-state index in [1.54, 1.807) is 35.5 Å². The maximum absolute atomic E-state index is 9.25. The van der Waals surface area contributed by atoms with Crippen molar-refractivity contribution in [2.24, 2.45) is 0 Å². The van der Waals surface area contributed by atoms with Crippen molar-refractivity contribution in [3.63, 3.8) is 0 Å². The maximum Gasteiger partial charge on any atom is 0.203 e. The van der Waals surface area contributed by atoms with Crippen LogP contribution in [0.3, 0.4) is 0 Å². The van der Waals surface area contributed by atoms with Gasteiger partial charge in [0.2, 0.25) is 5.75 Å². The fourth-order valence-corrected chi connectivity index (χ4v) is 2.96. The van der Waals surface area contributed by atoms with Crippen LogP contribution in [0.2, 0.25) is 0 Å². The van der Waals surface area contributed by atoms with Crippen LogP contribution >= 0.6 is 0 Å². The second-order valence-corrected chi connectivity index (χ2v) is 5.57. The van der Waals surface area contributed by atoms with E-state index in [9.17, 15) is 5.11 Å². The Bertz CT molecular complexity index is 742. The Hall–Kier alpha value is -2.60. The first-order valence-corrected chi connectivity index (χ1v) is 8.30. The van der Waals surface area contributed by atoms with E-state index < -0.39 is 0 Å². The fraction of sp³-hybridized carbons (Fsp3) is 0.400. The van der Waals surface area contributed by atoms with Crippen LogP contribution in [-0.2, 0) is 6.42 Å². The van der Waals surface area contributed by atoms with Crippen LogP contribution < -0.4 is 23.7 Å². The van der Waals surface area contributed by atoms with Gasteiger partial charge in [-0.25, -0.2) is 0 Å². The molecule has 0 aliphatic carbocycles. The third-order valence-corrected chi connectivity index (χ3v) is 4.21. The van der Waals surface area contributed by atoms with Gasteiger partial charge in [0.15, 0.2) is 23.0 Å². The first kappa shape index (κ1) is 19.7. The molecular formula is C20H26O6. The number of rotatable bonds is 9. The Morgan fingerprint density at radius 3 is 1.85 bits per heavy atom. The fourth-order valence-electron chi connectivity index (χ4n) is 2.96. The molecule has 0 aliphatic heterocycles. The van der Waals surface area contributed by atoms with Crippen molar-refractivity contribution in [2.75, 3.05) is 42.2 Å². The van der Waals surface area contributed by atoms with Crippen molar-refractivity contribution in [3.8, 4) is 39.9 Å². The predicted molar refractivity (Wildman–Crippen MR) is 100 cm³/mol. The third-order valence-electron chi connectivity index (χ3n) is 4.21. The Labute approximate surface area is 154 Å². The molecule has 0 aromatic heterocycles. The van der Waals surface area contributed by atoms with E-state index in [0.29, 0.717) is 41.6 Å². The van der Waals surface area contributed by atoms with Gasteiger partial charge >= 0.3 is 0 Å². The minimum Gasteiger partial charge on any atom is -0.493 e. The van der Waals surface area contributed by atoms with Crippen LogP contribution in [0, 0.1) is 0 Å². The summed E-state index contributed by atoms with van der Waals surface area (Å²) in [5.41, 5.74) is 2.79. The smallest absolute Gasteiger partial charge is 0.203 e. The number of ether oxygens (including phenoxy) is 5. The van der Waals surface area contributed by atoms with Crippen LogP contribution in [-0.4, -0.2) is 47.3 Å². The minimum absolute atomic E-state index is 0.108. The number of aryl methyl sites for hydroxylation is 1. The zero-order valence-electron chi connectivity index (χ0n) is 15.9. The van der Waals surface area contributed by atoms with E-state index in [1.165, 1.54) is 0 Å². The summed E-state index contributed by atoms with van der Waals surface area (Å²) in [4.78, 5) is 0. The summed E-state index contributed by atoms with van der Waals surface area (Å²) in [5, 5.41) is 9.25. The number of hydrogen-bond acceptors (Lipinski definition) is 6. The quantitative estimate of drug-likeness (QED) is 0.738. The lowest BCUT2D eigenvalue weighted by Crippen LogP contribution is -2.01. The molecular weight excluding hydrogens is 336 g/mol. The van der Waals surface area contributed by atoms with Crippen molar-refractivity contribution in [3.05, 3.63) is 29.8 Å². The Kier molecular flexibility index (Phi) is 6.97. The van der Waals surface area contributed by atoms with Crippen LogP contribution in [0.5, 0.6) is 28.7 Å². The van der Waals surface area contributed by atoms with Gasteiger partial charge in [0, 0.05) is 12.2 Å². The lowest BCUT2D eigenvalue weighted by molar-refractivity contribution is 0.288. The number of benzene rings is 2. The highest BCUT2D eigenvalue weighted by Gasteiger charge is 2.21. The van der Waals surface area contributed by atoms with Gasteiger partial charge in [-0.1, -0.05) is 0 Å². The molecule has 142 valence electrons. The lowest BCUT2D eigenvalue weighted by atomic mass is 9.94. The first-order chi connectivity index (χ1) is 12.6. The Morgan fingerprint density at radius 1 is 0.692 bits per heavy atom. The standard InChI is InChI=1S/C20H26O6/c1-22-16-9-8-14(19(25-4)20(16)26-5)15-12-18(24-3)17(23-2)11-13(15)7-6-10-21/h8-9,11-12,21H,6-7,10H2,1-5H3. The van der Waals surface area contributed by atoms with E-state index in [-0.39, 0.29) is 6.61 Å². The average molecular weight is 362 g/mol. The van der Waals surface area contributed by atoms with Crippen molar-refractivity contribution < 1.29 is 28.8 Å². The summed E-state index contributed by atoms with van der Waals surface area (Å²) in [6.45, 7) is 0.108. The lowest BCUT2D eigenvalue weighted by Gasteiger charge is -2.19. The molecule has 0 bridgehead atoms. The summed E-state index contributed by atoms with van der Waals surface area (Å²) in [7, 11) is 7.95. The molecule has 0 spiro atoms. The molecule has 0 fully saturated rings. The van der Waals surface area contributed by atoms with Gasteiger partial charge in [0.1, 0.15) is 0 Å². The molecule has 0 atom stereocenters. The minimum atomic E-state index is 0.108. The van der Waals surface area contributed by atoms with Gasteiger partial charge in [-0.3, -0.25) is 0 Å². The molecule has 26 heavy (non-hydrogen) atoms. The number of aliphatic hydroxyl groups excluding tert-OH is 1. The van der Waals surface area contributed by atoms with Gasteiger partial charge < -0.3 is 28.8 Å². The third kappa shape index (κ3) is 3.80. The molecule has 0 heterocycles. The highest BCUT2D eigenvalue weighted by Crippen LogP contribution is 2.47. The molecule has 0 saturated heterocycles. The summed E-state index contributed by atoms with van der Waals surface area (Å²) >= 11 is 0. The highest BCUT2D eigenvalue weighted by atomic mass is 16.5. The second-order valence-electron chi connectivity index (χ2n) is 5.57. The van der Waals surface area contributed by atoms with E-state index in [0.717, 1.165) is 16.7 Å². The molecule has 0 amide bonds. The van der Waals surface area contributed by atoms with Crippen molar-refractivity contribution in [1.29, 1.82) is 0 Å². The largest absolute Gasteiger partial charge is 0.493 e. The molecule has 1 N–H and O–H groups in total. The molecule has 0 unspecified atom stereocenters. The molecule has 2 aromatic carbocycles. The number of aliphatic hydroxyl groups is 1. The molecule has 0 radical (unpaired) electrons. The van der Waals surface area contributed by atoms with Crippen LogP contribution in [0.25, 0.3) is 11.1 Å². The van der Waals surface area contributed by atoms with Gasteiger partial charge in [-0.2, -0.15) is 0 Å². The van der Waals surface area contributed by atoms with Crippen molar-refractivity contribution in [1.82, 2.24) is 0 Å². The van der Waals surface area contributed by atoms with Gasteiger partial charge in [-0.05, 0) is 48.2 Å². The Balaban J connectivity index is 2.73. The summed E-state index contributed by atoms with van der Waals surface area (Å²) in [6, 6.07) is 7.60. The molecule has 2 rings (SSSR count). The van der Waals surface area contributed by atoms with Crippen LogP contribution in [0.4, 0.5) is 0 Å². The van der Waals surface area contributed by atoms with Crippen molar-refractivity contribution in [2.45, 2.75) is 12.8 Å². The summed E-state index contributed by atoms with van der Waals surface area (Å²) in [5.74, 6) is 2.95. The monoisotopic (exact) mass is 362 g/mol. The van der Waals surface area contributed by atoms with E-state index >= 15 is 0 Å². The van der Waals surface area contributed by atoms with Gasteiger partial charge in [-0.15, -0.1) is 0 Å². The topological polar surface area (TPSA) is 66.4 Å². The normalized spacial score (nSPS) is 10.4. The zero-order chi connectivity index (χ0) is 19.1. The van der Waals surface area contributed by atoms with E-state index in [2.05, 4.69) is 0 Å². The second kappa shape index (κ2) is 9.20. The molecule has 0 aliphatic rings. The SMILES string of the molecule is COc1cc(CCCO)c(-c2ccc(OC)c(OC)c2OC)cc1OC. The highest BCUT2D eigenvalue weighted by molar-refractivity contribution is 5.80. The van der Waals surface area contributed by atoms with Crippen LogP contribution in [0.1, 0.15) is 12.0 Å². The first-order valence-electron chi connectivity index (χ1n) is 8.30. The summed E-state index contributed by atoms with van der Waals surface area (Å²) in [6.07, 6.45) is 1.32. The molecule has 6 heteroatoms. The maximum atomic E-state index is 9.25. The van der Waals surface area contributed by atoms with Crippen LogP contribution in [0.15, 0.2) is 24.3 Å². The Morgan fingerprint density at radius 2 is 1.31 bits per heavy atom. The van der Waals surface area contributed by atoms with E-state index in [1.807, 2.05) is 24.3 Å². The van der Waals surface area contributed by atoms with Crippen molar-refractivity contribution >= 4 is 0 Å². The molecule has 6 nitrogen and oxygen atoms in total. The predicted octanol–water partition coefficient (Wildman–Crippen LogP) is 3.32. The number of methoxy groups -OCH3 is 5. The van der Waals surface area contributed by atoms with Gasteiger partial charge in [0.05, 0.1) is 35.5 Å². The zero-order valence-corrected chi connectivity index (χ0v) is 15.9. The molecule has 0 saturated carbocycles. The number of hydrogen-bond donors (Lipinski definition) is 1.